The molecule has 1 aliphatic rings. The molecule has 0 spiro atoms. The zero-order valence-corrected chi connectivity index (χ0v) is 20.1. The van der Waals surface area contributed by atoms with E-state index in [0.29, 0.717) is 21.3 Å². The Balaban J connectivity index is 2.14. The minimum Gasteiger partial charge on any atom is -0.493 e. The number of ether oxygens (including phenoxy) is 3. The number of nitrogens with two attached hydrogens (primary N) is 2. The minimum absolute atomic E-state index is 0.0201. The molecule has 0 saturated carbocycles. The Bertz CT molecular complexity index is 1250. The van der Waals surface area contributed by atoms with Crippen LogP contribution in [0.15, 0.2) is 21.6 Å². The van der Waals surface area contributed by atoms with Gasteiger partial charge in [0.2, 0.25) is 5.96 Å². The maximum absolute atomic E-state index is 12.0. The van der Waals surface area contributed by atoms with E-state index in [1.54, 1.807) is 32.2 Å². The molecule has 1 aromatic heterocycles. The molecule has 3 rings (SSSR count). The molecular formula is C21H21BrN8O4. The van der Waals surface area contributed by atoms with E-state index >= 15 is 0 Å². The van der Waals surface area contributed by atoms with Gasteiger partial charge in [0, 0.05) is 5.56 Å². The molecule has 2 heterocycles. The van der Waals surface area contributed by atoms with Gasteiger partial charge >= 0.3 is 5.97 Å². The number of halogens is 1. The van der Waals surface area contributed by atoms with Crippen molar-refractivity contribution in [2.45, 2.75) is 26.0 Å². The third-order valence-corrected chi connectivity index (χ3v) is 5.43. The first-order valence-corrected chi connectivity index (χ1v) is 10.7. The highest BCUT2D eigenvalue weighted by atomic mass is 79.9. The van der Waals surface area contributed by atoms with Crippen LogP contribution in [0.2, 0.25) is 0 Å². The zero-order valence-electron chi connectivity index (χ0n) is 18.5. The van der Waals surface area contributed by atoms with E-state index < -0.39 is 18.1 Å². The smallest absolute Gasteiger partial charge is 0.347 e. The second-order valence-electron chi connectivity index (χ2n) is 6.95. The van der Waals surface area contributed by atoms with Crippen molar-refractivity contribution in [1.82, 2.24) is 10.3 Å². The third-order valence-electron chi connectivity index (χ3n) is 4.84. The van der Waals surface area contributed by atoms with Gasteiger partial charge in [-0.3, -0.25) is 5.32 Å². The topological polar surface area (TPSA) is 194 Å². The van der Waals surface area contributed by atoms with E-state index in [-0.39, 0.29) is 41.2 Å². The van der Waals surface area contributed by atoms with Gasteiger partial charge in [-0.2, -0.15) is 10.5 Å². The number of aliphatic imine (C=N–C) groups is 1. The monoisotopic (exact) mass is 528 g/mol. The molecule has 1 aromatic carbocycles. The number of fused-ring (bicyclic) bond motifs is 1. The van der Waals surface area contributed by atoms with Gasteiger partial charge in [0.05, 0.1) is 23.9 Å². The van der Waals surface area contributed by atoms with Crippen LogP contribution in [0, 0.1) is 22.8 Å². The maximum atomic E-state index is 12.0. The second-order valence-corrected chi connectivity index (χ2v) is 7.80. The summed E-state index contributed by atoms with van der Waals surface area (Å²) < 4.78 is 16.7. The zero-order chi connectivity index (χ0) is 25.0. The SMILES string of the molecule is CCOC(=O)C(C)Oc1c(Br)cc(C2N=C(NC#N)Nc3nc(N)c(C#N)c(N)c32)cc1OC. The fourth-order valence-corrected chi connectivity index (χ4v) is 3.87. The van der Waals surface area contributed by atoms with Crippen molar-refractivity contribution in [3.63, 3.8) is 0 Å². The molecule has 176 valence electrons. The van der Waals surface area contributed by atoms with Crippen LogP contribution in [-0.4, -0.2) is 36.7 Å². The lowest BCUT2D eigenvalue weighted by molar-refractivity contribution is -0.150. The van der Waals surface area contributed by atoms with Gasteiger partial charge in [-0.15, -0.1) is 0 Å². The third kappa shape index (κ3) is 4.60. The normalized spacial score (nSPS) is 14.9. The summed E-state index contributed by atoms with van der Waals surface area (Å²) in [5.41, 5.74) is 13.2. The van der Waals surface area contributed by atoms with Crippen LogP contribution in [0.4, 0.5) is 17.3 Å². The van der Waals surface area contributed by atoms with Gasteiger partial charge in [0.15, 0.2) is 23.8 Å². The number of pyridine rings is 1. The summed E-state index contributed by atoms with van der Waals surface area (Å²) in [6, 6.07) is 4.51. The highest BCUT2D eigenvalue weighted by Crippen LogP contribution is 2.45. The number of rotatable bonds is 6. The van der Waals surface area contributed by atoms with Crippen LogP contribution in [0.3, 0.4) is 0 Å². The fraction of sp³-hybridized carbons (Fsp3) is 0.286. The molecular weight excluding hydrogens is 508 g/mol. The largest absolute Gasteiger partial charge is 0.493 e. The molecule has 12 nitrogen and oxygen atoms in total. The molecule has 2 atom stereocenters. The number of nitrogens with one attached hydrogen (secondary N) is 2. The van der Waals surface area contributed by atoms with Crippen LogP contribution in [0.5, 0.6) is 11.5 Å². The number of anilines is 3. The first-order chi connectivity index (χ1) is 16.2. The van der Waals surface area contributed by atoms with Gasteiger partial charge in [0.1, 0.15) is 29.3 Å². The maximum Gasteiger partial charge on any atom is 0.347 e. The number of aromatic nitrogens is 1. The van der Waals surface area contributed by atoms with Crippen LogP contribution >= 0.6 is 15.9 Å². The summed E-state index contributed by atoms with van der Waals surface area (Å²) in [5.74, 6) is 0.360. The number of carbonyl (C=O) groups excluding carboxylic acids is 1. The lowest BCUT2D eigenvalue weighted by Gasteiger charge is -2.27. The number of benzene rings is 1. The summed E-state index contributed by atoms with van der Waals surface area (Å²) in [5, 5.41) is 23.8. The van der Waals surface area contributed by atoms with Crippen LogP contribution in [-0.2, 0) is 9.53 Å². The molecule has 0 saturated heterocycles. The average Bonchev–Trinajstić information content (AvgIpc) is 2.80. The number of carbonyl (C=O) groups is 1. The Morgan fingerprint density at radius 1 is 1.38 bits per heavy atom. The van der Waals surface area contributed by atoms with Crippen LogP contribution in [0.1, 0.15) is 36.6 Å². The van der Waals surface area contributed by atoms with E-state index in [2.05, 4.69) is 36.5 Å². The van der Waals surface area contributed by atoms with Gasteiger partial charge < -0.3 is 31.0 Å². The highest BCUT2D eigenvalue weighted by molar-refractivity contribution is 9.10. The lowest BCUT2D eigenvalue weighted by atomic mass is 9.95. The summed E-state index contributed by atoms with van der Waals surface area (Å²) in [6.07, 6.45) is 0.906. The van der Waals surface area contributed by atoms with Gasteiger partial charge in [0.25, 0.3) is 0 Å². The molecule has 0 amide bonds. The summed E-state index contributed by atoms with van der Waals surface area (Å²) in [7, 11) is 1.44. The molecule has 0 fully saturated rings. The van der Waals surface area contributed by atoms with Gasteiger partial charge in [-0.05, 0) is 47.5 Å². The lowest BCUT2D eigenvalue weighted by Crippen LogP contribution is -2.32. The summed E-state index contributed by atoms with van der Waals surface area (Å²) in [4.78, 5) is 20.8. The number of guanidine groups is 1. The quantitative estimate of drug-likeness (QED) is 0.243. The van der Waals surface area contributed by atoms with Crippen molar-refractivity contribution in [3.8, 4) is 23.8 Å². The average molecular weight is 529 g/mol. The van der Waals surface area contributed by atoms with E-state index in [1.165, 1.54) is 7.11 Å². The minimum atomic E-state index is -0.888. The predicted octanol–water partition coefficient (Wildman–Crippen LogP) is 2.16. The van der Waals surface area contributed by atoms with E-state index in [4.69, 9.17) is 30.9 Å². The Kier molecular flexibility index (Phi) is 7.28. The number of esters is 1. The Labute approximate surface area is 203 Å². The van der Waals surface area contributed by atoms with Gasteiger partial charge in [-0.1, -0.05) is 0 Å². The Hall–Kier alpha value is -4.23. The molecule has 1 aliphatic heterocycles. The van der Waals surface area contributed by atoms with E-state index in [0.717, 1.165) is 0 Å². The predicted molar refractivity (Wildman–Crippen MR) is 127 cm³/mol. The van der Waals surface area contributed by atoms with Gasteiger partial charge in [-0.25, -0.2) is 14.8 Å². The van der Waals surface area contributed by atoms with Crippen molar-refractivity contribution >= 4 is 45.2 Å². The number of hydrogen-bond donors (Lipinski definition) is 4. The van der Waals surface area contributed by atoms with Crippen molar-refractivity contribution in [2.75, 3.05) is 30.5 Å². The Morgan fingerprint density at radius 3 is 2.74 bits per heavy atom. The fourth-order valence-electron chi connectivity index (χ4n) is 3.32. The number of nitriles is 2. The highest BCUT2D eigenvalue weighted by Gasteiger charge is 2.31. The number of methoxy groups -OCH3 is 1. The molecule has 13 heteroatoms. The van der Waals surface area contributed by atoms with Crippen molar-refractivity contribution in [1.29, 1.82) is 10.5 Å². The van der Waals surface area contributed by atoms with E-state index in [1.807, 2.05) is 6.07 Å². The standard InChI is InChI=1S/C21H21BrN8O4/c1-4-33-20(31)9(2)34-17-12(22)5-10(6-13(17)32-3)16-14-15(25)11(7-23)18(26)29-19(14)30-21(28-16)27-8-24/h5-6,9,16H,4H2,1-3H3,(H6,25,26,27,28,29,30). The molecule has 2 aromatic rings. The number of hydrogen-bond acceptors (Lipinski definition) is 12. The van der Waals surface area contributed by atoms with E-state index in [9.17, 15) is 10.1 Å². The molecule has 0 bridgehead atoms. The van der Waals surface area contributed by atoms with Crippen LogP contribution in [0.25, 0.3) is 0 Å². The van der Waals surface area contributed by atoms with Crippen molar-refractivity contribution in [3.05, 3.63) is 33.3 Å². The molecule has 0 radical (unpaired) electrons. The first-order valence-electron chi connectivity index (χ1n) is 9.95. The molecule has 0 aliphatic carbocycles. The summed E-state index contributed by atoms with van der Waals surface area (Å²) >= 11 is 3.46. The van der Waals surface area contributed by atoms with Crippen molar-refractivity contribution in [2.24, 2.45) is 4.99 Å². The molecule has 34 heavy (non-hydrogen) atoms. The Morgan fingerprint density at radius 2 is 2.12 bits per heavy atom. The molecule has 6 N–H and O–H groups in total. The number of nitrogens with zero attached hydrogens (tertiary/aromatic N) is 4. The van der Waals surface area contributed by atoms with Crippen LogP contribution < -0.4 is 31.6 Å². The first kappa shape index (κ1) is 24.4. The van der Waals surface area contributed by atoms with Crippen molar-refractivity contribution < 1.29 is 19.0 Å². The number of nitrogen functional groups attached to an aromatic ring is 2. The second kappa shape index (κ2) is 10.1. The molecule has 2 unspecified atom stereocenters. The summed E-state index contributed by atoms with van der Waals surface area (Å²) in [6.45, 7) is 3.49.